The number of benzene rings is 2. The van der Waals surface area contributed by atoms with E-state index in [0.29, 0.717) is 29.9 Å². The third kappa shape index (κ3) is 3.71. The maximum absolute atomic E-state index is 10.1. The van der Waals surface area contributed by atoms with Crippen molar-refractivity contribution in [3.63, 3.8) is 0 Å². The molecule has 0 saturated carbocycles. The number of ether oxygens (including phenoxy) is 3. The highest BCUT2D eigenvalue weighted by Crippen LogP contribution is 2.40. The molecule has 2 fully saturated rings. The van der Waals surface area contributed by atoms with Gasteiger partial charge in [0.2, 0.25) is 0 Å². The molecule has 3 aliphatic rings. The second-order valence-electron chi connectivity index (χ2n) is 9.66. The molecule has 6 nitrogen and oxygen atoms in total. The van der Waals surface area contributed by atoms with Crippen molar-refractivity contribution in [2.45, 2.75) is 19.9 Å². The maximum Gasteiger partial charge on any atom is 0.161 e. The van der Waals surface area contributed by atoms with Gasteiger partial charge in [-0.1, -0.05) is 30.3 Å². The number of nitriles is 1. The highest BCUT2D eigenvalue weighted by Gasteiger charge is 2.45. The topological polar surface area (TPSA) is 67.6 Å². The van der Waals surface area contributed by atoms with Gasteiger partial charge in [-0.2, -0.15) is 5.26 Å². The molecule has 0 radical (unpaired) electrons. The zero-order valence-electron chi connectivity index (χ0n) is 19.3. The molecule has 2 aromatic carbocycles. The molecular formula is C28H27N3O3. The third-order valence-corrected chi connectivity index (χ3v) is 7.13. The van der Waals surface area contributed by atoms with E-state index >= 15 is 0 Å². The Bertz CT molecular complexity index is 1280. The van der Waals surface area contributed by atoms with Crippen LogP contribution in [0.25, 0.3) is 22.4 Å². The van der Waals surface area contributed by atoms with Crippen molar-refractivity contribution in [1.29, 1.82) is 5.26 Å². The smallest absolute Gasteiger partial charge is 0.161 e. The minimum atomic E-state index is 0.387. The fourth-order valence-electron chi connectivity index (χ4n) is 5.49. The van der Waals surface area contributed by atoms with E-state index in [1.54, 1.807) is 0 Å². The molecule has 4 heterocycles. The minimum Gasteiger partial charge on any atom is -0.486 e. The Morgan fingerprint density at radius 1 is 1.03 bits per heavy atom. The molecule has 0 atom stereocenters. The van der Waals surface area contributed by atoms with Crippen LogP contribution >= 0.6 is 0 Å². The van der Waals surface area contributed by atoms with Gasteiger partial charge in [-0.05, 0) is 42.2 Å². The quantitative estimate of drug-likeness (QED) is 0.576. The van der Waals surface area contributed by atoms with Gasteiger partial charge in [-0.25, -0.2) is 0 Å². The van der Waals surface area contributed by atoms with Gasteiger partial charge in [0.25, 0.3) is 0 Å². The first-order chi connectivity index (χ1) is 16.6. The highest BCUT2D eigenvalue weighted by atomic mass is 16.6. The molecular weight excluding hydrogens is 426 g/mol. The number of aromatic nitrogens is 1. The summed E-state index contributed by atoms with van der Waals surface area (Å²) < 4.78 is 17.0. The molecule has 6 rings (SSSR count). The number of fused-ring (bicyclic) bond motifs is 1. The Kier molecular flexibility index (Phi) is 5.24. The van der Waals surface area contributed by atoms with Crippen molar-refractivity contribution >= 4 is 0 Å². The van der Waals surface area contributed by atoms with Crippen LogP contribution in [0.2, 0.25) is 0 Å². The van der Waals surface area contributed by atoms with Crippen molar-refractivity contribution < 1.29 is 14.2 Å². The number of aryl methyl sites for hydroxylation is 1. The first-order valence-corrected chi connectivity index (χ1v) is 11.8. The molecule has 1 aromatic heterocycles. The van der Waals surface area contributed by atoms with Crippen molar-refractivity contribution in [2.75, 3.05) is 39.5 Å². The monoisotopic (exact) mass is 453 g/mol. The van der Waals surface area contributed by atoms with E-state index in [9.17, 15) is 5.26 Å². The number of nitrogens with zero attached hydrogens (tertiary/aromatic N) is 3. The van der Waals surface area contributed by atoms with Crippen molar-refractivity contribution in [3.05, 3.63) is 65.4 Å². The lowest BCUT2D eigenvalue weighted by Gasteiger charge is -2.47. The zero-order valence-corrected chi connectivity index (χ0v) is 19.3. The molecule has 0 amide bonds. The van der Waals surface area contributed by atoms with Crippen LogP contribution in [0.15, 0.2) is 48.7 Å². The van der Waals surface area contributed by atoms with Gasteiger partial charge < -0.3 is 14.2 Å². The second kappa shape index (κ2) is 8.43. The van der Waals surface area contributed by atoms with Gasteiger partial charge in [-0.3, -0.25) is 9.88 Å². The molecule has 0 unspecified atom stereocenters. The summed E-state index contributed by atoms with van der Waals surface area (Å²) in [6.07, 6.45) is 3.13. The van der Waals surface area contributed by atoms with Gasteiger partial charge in [0, 0.05) is 49.0 Å². The van der Waals surface area contributed by atoms with Crippen LogP contribution in [-0.2, 0) is 11.3 Å². The van der Waals surface area contributed by atoms with Gasteiger partial charge in [0.15, 0.2) is 11.5 Å². The normalized spacial score (nSPS) is 18.5. The fourth-order valence-corrected chi connectivity index (χ4v) is 5.49. The maximum atomic E-state index is 10.1. The average Bonchev–Trinajstić information content (AvgIpc) is 3.33. The number of likely N-dealkylation sites (tertiary alicyclic amines) is 1. The van der Waals surface area contributed by atoms with E-state index in [1.165, 1.54) is 12.0 Å². The number of pyridine rings is 1. The fraction of sp³-hybridized carbons (Fsp3) is 0.357. The lowest BCUT2D eigenvalue weighted by atomic mass is 9.79. The molecule has 0 bridgehead atoms. The average molecular weight is 454 g/mol. The van der Waals surface area contributed by atoms with Gasteiger partial charge in [0.1, 0.15) is 19.3 Å². The third-order valence-electron chi connectivity index (χ3n) is 7.13. The number of hydrogen-bond donors (Lipinski definition) is 0. The summed E-state index contributed by atoms with van der Waals surface area (Å²) in [6, 6.07) is 16.4. The first kappa shape index (κ1) is 21.2. The standard InChI is InChI=1S/C28H27N3O3/c1-19-11-20(15-31-16-28(17-31)7-8-32-18-28)14-30-27(19)23-4-2-3-22(24(23)13-29)21-5-6-25-26(12-21)34-10-9-33-25/h2-6,11-12,14H,7-10,15-18H2,1H3. The van der Waals surface area contributed by atoms with Crippen LogP contribution in [0.4, 0.5) is 0 Å². The zero-order chi connectivity index (χ0) is 23.1. The summed E-state index contributed by atoms with van der Waals surface area (Å²) in [6.45, 7) is 8.06. The second-order valence-corrected chi connectivity index (χ2v) is 9.66. The SMILES string of the molecule is Cc1cc(CN2CC3(CCOC3)C2)cnc1-c1cccc(-c2ccc3c(c2)OCCO3)c1C#N. The van der Waals surface area contributed by atoms with E-state index in [1.807, 2.05) is 42.6 Å². The molecule has 3 aliphatic heterocycles. The summed E-state index contributed by atoms with van der Waals surface area (Å²) in [4.78, 5) is 7.28. The van der Waals surface area contributed by atoms with Crippen molar-refractivity contribution in [3.8, 4) is 40.0 Å². The summed E-state index contributed by atoms with van der Waals surface area (Å²) in [5, 5.41) is 10.1. The Morgan fingerprint density at radius 2 is 1.85 bits per heavy atom. The molecule has 3 aromatic rings. The van der Waals surface area contributed by atoms with Crippen LogP contribution in [0.1, 0.15) is 23.1 Å². The predicted octanol–water partition coefficient (Wildman–Crippen LogP) is 4.59. The molecule has 1 spiro atoms. The number of rotatable bonds is 4. The Hall–Kier alpha value is -3.40. The minimum absolute atomic E-state index is 0.387. The summed E-state index contributed by atoms with van der Waals surface area (Å²) in [5.74, 6) is 1.46. The Balaban J connectivity index is 1.28. The van der Waals surface area contributed by atoms with E-state index in [4.69, 9.17) is 19.2 Å². The van der Waals surface area contributed by atoms with Crippen LogP contribution in [-0.4, -0.2) is 49.4 Å². The van der Waals surface area contributed by atoms with E-state index in [-0.39, 0.29) is 0 Å². The molecule has 0 N–H and O–H groups in total. The molecule has 0 aliphatic carbocycles. The van der Waals surface area contributed by atoms with E-state index < -0.39 is 0 Å². The van der Waals surface area contributed by atoms with E-state index in [0.717, 1.165) is 66.5 Å². The first-order valence-electron chi connectivity index (χ1n) is 11.8. The molecule has 6 heteroatoms. The van der Waals surface area contributed by atoms with E-state index in [2.05, 4.69) is 24.0 Å². The Morgan fingerprint density at radius 3 is 2.62 bits per heavy atom. The van der Waals surface area contributed by atoms with Crippen molar-refractivity contribution in [2.24, 2.45) is 5.41 Å². The predicted molar refractivity (Wildman–Crippen MR) is 129 cm³/mol. The van der Waals surface area contributed by atoms with Gasteiger partial charge in [0.05, 0.1) is 17.9 Å². The van der Waals surface area contributed by atoms with Crippen LogP contribution < -0.4 is 9.47 Å². The summed E-state index contributed by atoms with van der Waals surface area (Å²) in [5.41, 5.74) is 6.79. The van der Waals surface area contributed by atoms with Crippen molar-refractivity contribution in [1.82, 2.24) is 9.88 Å². The number of hydrogen-bond acceptors (Lipinski definition) is 6. The van der Waals surface area contributed by atoms with Crippen LogP contribution in [0.3, 0.4) is 0 Å². The largest absolute Gasteiger partial charge is 0.486 e. The van der Waals surface area contributed by atoms with Crippen LogP contribution in [0.5, 0.6) is 11.5 Å². The molecule has 172 valence electrons. The molecule has 2 saturated heterocycles. The molecule has 34 heavy (non-hydrogen) atoms. The summed E-state index contributed by atoms with van der Waals surface area (Å²) in [7, 11) is 0. The van der Waals surface area contributed by atoms with Gasteiger partial charge >= 0.3 is 0 Å². The van der Waals surface area contributed by atoms with Gasteiger partial charge in [-0.15, -0.1) is 0 Å². The lowest BCUT2D eigenvalue weighted by Crippen LogP contribution is -2.56. The Labute approximate surface area is 199 Å². The highest BCUT2D eigenvalue weighted by molar-refractivity contribution is 5.82. The lowest BCUT2D eigenvalue weighted by molar-refractivity contribution is -0.0124. The summed E-state index contributed by atoms with van der Waals surface area (Å²) >= 11 is 0. The van der Waals surface area contributed by atoms with Crippen LogP contribution in [0, 0.1) is 23.7 Å².